The number of anilines is 1. The highest BCUT2D eigenvalue weighted by Crippen LogP contribution is 2.44. The number of carbonyl (C=O) groups is 2. The Bertz CT molecular complexity index is 1240. The van der Waals surface area contributed by atoms with Crippen molar-refractivity contribution >= 4 is 39.0 Å². The molecule has 32 heavy (non-hydrogen) atoms. The predicted molar refractivity (Wildman–Crippen MR) is 122 cm³/mol. The number of hydrogen-bond acceptors (Lipinski definition) is 5. The third-order valence-corrected chi connectivity index (χ3v) is 6.04. The Hall–Kier alpha value is -3.36. The molecule has 0 spiro atoms. The molecular weight excluding hydrogens is 476 g/mol. The van der Waals surface area contributed by atoms with Gasteiger partial charge in [-0.15, -0.1) is 0 Å². The van der Waals surface area contributed by atoms with Crippen molar-refractivity contribution in [2.24, 2.45) is 0 Å². The number of nitrogens with zero attached hydrogens (tertiary/aromatic N) is 2. The van der Waals surface area contributed by atoms with E-state index in [-0.39, 0.29) is 17.8 Å². The monoisotopic (exact) mass is 494 g/mol. The number of amides is 1. The molecule has 0 saturated carbocycles. The summed E-state index contributed by atoms with van der Waals surface area (Å²) in [7, 11) is 0. The Labute approximate surface area is 192 Å². The fraction of sp³-hybridized carbons (Fsp3) is 0.167. The van der Waals surface area contributed by atoms with Gasteiger partial charge >= 0.3 is 0 Å². The first-order valence-electron chi connectivity index (χ1n) is 9.86. The first-order valence-corrected chi connectivity index (χ1v) is 10.7. The molecule has 3 aromatic rings. The van der Waals surface area contributed by atoms with Gasteiger partial charge in [0.25, 0.3) is 11.6 Å². The number of ketones is 1. The lowest BCUT2D eigenvalue weighted by molar-refractivity contribution is -0.384. The molecule has 3 aromatic carbocycles. The van der Waals surface area contributed by atoms with Crippen molar-refractivity contribution in [3.05, 3.63) is 104 Å². The van der Waals surface area contributed by atoms with Gasteiger partial charge in [-0.2, -0.15) is 0 Å². The van der Waals surface area contributed by atoms with E-state index in [1.54, 1.807) is 18.2 Å². The Kier molecular flexibility index (Phi) is 5.66. The van der Waals surface area contributed by atoms with Crippen molar-refractivity contribution in [1.29, 1.82) is 0 Å². The molecule has 0 aliphatic carbocycles. The van der Waals surface area contributed by atoms with Crippen LogP contribution in [0.5, 0.6) is 0 Å². The minimum Gasteiger partial charge on any atom is -0.375 e. The highest BCUT2D eigenvalue weighted by Gasteiger charge is 2.51. The first kappa shape index (κ1) is 21.9. The van der Waals surface area contributed by atoms with E-state index in [9.17, 15) is 24.8 Å². The van der Waals surface area contributed by atoms with E-state index in [0.29, 0.717) is 15.7 Å². The lowest BCUT2D eigenvalue weighted by Gasteiger charge is -2.23. The molecule has 8 heteroatoms. The number of aliphatic hydroxyl groups is 1. The van der Waals surface area contributed by atoms with Crippen molar-refractivity contribution in [1.82, 2.24) is 0 Å². The Morgan fingerprint density at radius 3 is 2.53 bits per heavy atom. The van der Waals surface area contributed by atoms with Crippen LogP contribution < -0.4 is 4.90 Å². The molecule has 0 aromatic heterocycles. The summed E-state index contributed by atoms with van der Waals surface area (Å²) in [6, 6.07) is 18.1. The number of non-ortho nitro benzene ring substituents is 1. The van der Waals surface area contributed by atoms with Gasteiger partial charge in [0.05, 0.1) is 23.6 Å². The van der Waals surface area contributed by atoms with Gasteiger partial charge < -0.3 is 10.0 Å². The molecule has 0 fully saturated rings. The largest absolute Gasteiger partial charge is 0.375 e. The molecule has 1 aliphatic heterocycles. The standard InChI is InChI=1S/C24H19BrN2O5/c1-15-5-7-16(8-6-15)14-26-21-10-9-18(25)12-20(21)24(30,23(26)29)13-22(28)17-3-2-4-19(11-17)27(31)32/h2-12,30H,13-14H2,1H3. The average Bonchev–Trinajstić information content (AvgIpc) is 2.96. The zero-order valence-corrected chi connectivity index (χ0v) is 18.7. The molecule has 7 nitrogen and oxygen atoms in total. The normalized spacial score (nSPS) is 17.3. The average molecular weight is 495 g/mol. The molecule has 4 rings (SSSR count). The molecule has 0 radical (unpaired) electrons. The Morgan fingerprint density at radius 2 is 1.84 bits per heavy atom. The minimum absolute atomic E-state index is 0.0638. The van der Waals surface area contributed by atoms with Crippen LogP contribution in [0.2, 0.25) is 0 Å². The lowest BCUT2D eigenvalue weighted by Crippen LogP contribution is -2.41. The number of hydrogen-bond donors (Lipinski definition) is 1. The number of nitro benzene ring substituents is 1. The van der Waals surface area contributed by atoms with E-state index < -0.39 is 28.6 Å². The van der Waals surface area contributed by atoms with E-state index in [1.807, 2.05) is 31.2 Å². The number of rotatable bonds is 6. The fourth-order valence-electron chi connectivity index (χ4n) is 3.85. The van der Waals surface area contributed by atoms with Gasteiger partial charge in [0.2, 0.25) is 0 Å². The van der Waals surface area contributed by atoms with Gasteiger partial charge in [0.15, 0.2) is 11.4 Å². The number of aryl methyl sites for hydroxylation is 1. The molecule has 0 saturated heterocycles. The first-order chi connectivity index (χ1) is 15.2. The topological polar surface area (TPSA) is 101 Å². The maximum absolute atomic E-state index is 13.4. The van der Waals surface area contributed by atoms with Crippen LogP contribution >= 0.6 is 15.9 Å². The number of nitro groups is 1. The Balaban J connectivity index is 1.70. The van der Waals surface area contributed by atoms with Crippen LogP contribution in [-0.4, -0.2) is 21.7 Å². The summed E-state index contributed by atoms with van der Waals surface area (Å²) in [5.74, 6) is -1.17. The zero-order chi connectivity index (χ0) is 23.0. The molecular formula is C24H19BrN2O5. The van der Waals surface area contributed by atoms with Crippen LogP contribution in [0.1, 0.15) is 33.5 Å². The van der Waals surface area contributed by atoms with E-state index in [4.69, 9.17) is 0 Å². The fourth-order valence-corrected chi connectivity index (χ4v) is 4.22. The van der Waals surface area contributed by atoms with Gasteiger partial charge in [-0.1, -0.05) is 57.9 Å². The third kappa shape index (κ3) is 3.94. The summed E-state index contributed by atoms with van der Waals surface area (Å²) in [5, 5.41) is 22.5. The molecule has 1 aliphatic rings. The summed E-state index contributed by atoms with van der Waals surface area (Å²) in [4.78, 5) is 38.3. The number of Topliss-reactive ketones (excluding diaryl/α,β-unsaturated/α-hetero) is 1. The smallest absolute Gasteiger partial charge is 0.270 e. The maximum Gasteiger partial charge on any atom is 0.270 e. The van der Waals surface area contributed by atoms with Gasteiger partial charge in [0, 0.05) is 27.7 Å². The van der Waals surface area contributed by atoms with Crippen molar-refractivity contribution in [2.75, 3.05) is 4.90 Å². The number of carbonyl (C=O) groups excluding carboxylic acids is 2. The van der Waals surface area contributed by atoms with E-state index >= 15 is 0 Å². The highest BCUT2D eigenvalue weighted by molar-refractivity contribution is 9.10. The van der Waals surface area contributed by atoms with Gasteiger partial charge in [-0.05, 0) is 30.7 Å². The molecule has 1 N–H and O–H groups in total. The van der Waals surface area contributed by atoms with Crippen molar-refractivity contribution in [3.8, 4) is 0 Å². The van der Waals surface area contributed by atoms with Crippen LogP contribution in [0.15, 0.2) is 71.2 Å². The second kappa shape index (κ2) is 8.29. The van der Waals surface area contributed by atoms with Gasteiger partial charge in [-0.3, -0.25) is 19.7 Å². The maximum atomic E-state index is 13.4. The van der Waals surface area contributed by atoms with E-state index in [1.165, 1.54) is 23.1 Å². The summed E-state index contributed by atoms with van der Waals surface area (Å²) in [6.45, 7) is 2.21. The van der Waals surface area contributed by atoms with Gasteiger partial charge in [0.1, 0.15) is 0 Å². The van der Waals surface area contributed by atoms with E-state index in [0.717, 1.165) is 17.2 Å². The molecule has 1 unspecified atom stereocenters. The zero-order valence-electron chi connectivity index (χ0n) is 17.1. The predicted octanol–water partition coefficient (Wildman–Crippen LogP) is 4.67. The number of halogens is 1. The lowest BCUT2D eigenvalue weighted by atomic mass is 9.88. The number of fused-ring (bicyclic) bond motifs is 1. The van der Waals surface area contributed by atoms with Crippen LogP contribution in [0, 0.1) is 17.0 Å². The SMILES string of the molecule is Cc1ccc(CN2C(=O)C(O)(CC(=O)c3cccc([N+](=O)[O-])c3)c3cc(Br)ccc32)cc1. The summed E-state index contributed by atoms with van der Waals surface area (Å²) < 4.78 is 0.655. The van der Waals surface area contributed by atoms with Crippen LogP contribution in [0.25, 0.3) is 0 Å². The third-order valence-electron chi connectivity index (χ3n) is 5.55. The second-order valence-electron chi connectivity index (χ2n) is 7.81. The van der Waals surface area contributed by atoms with E-state index in [2.05, 4.69) is 15.9 Å². The van der Waals surface area contributed by atoms with Crippen LogP contribution in [-0.2, 0) is 16.9 Å². The molecule has 1 amide bonds. The molecule has 1 atom stereocenters. The van der Waals surface area contributed by atoms with Crippen LogP contribution in [0.4, 0.5) is 11.4 Å². The summed E-state index contributed by atoms with van der Waals surface area (Å²) in [5.41, 5.74) is 0.567. The summed E-state index contributed by atoms with van der Waals surface area (Å²) in [6.07, 6.45) is -0.527. The highest BCUT2D eigenvalue weighted by atomic mass is 79.9. The van der Waals surface area contributed by atoms with Crippen molar-refractivity contribution in [2.45, 2.75) is 25.5 Å². The molecule has 162 valence electrons. The second-order valence-corrected chi connectivity index (χ2v) is 8.72. The molecule has 1 heterocycles. The van der Waals surface area contributed by atoms with Crippen molar-refractivity contribution < 1.29 is 19.6 Å². The quantitative estimate of drug-likeness (QED) is 0.304. The van der Waals surface area contributed by atoms with Gasteiger partial charge in [-0.25, -0.2) is 0 Å². The number of benzene rings is 3. The molecule has 0 bridgehead atoms. The Morgan fingerprint density at radius 1 is 1.12 bits per heavy atom. The van der Waals surface area contributed by atoms with Crippen LogP contribution in [0.3, 0.4) is 0 Å². The minimum atomic E-state index is -2.08. The summed E-state index contributed by atoms with van der Waals surface area (Å²) >= 11 is 3.37. The van der Waals surface area contributed by atoms with Crippen molar-refractivity contribution in [3.63, 3.8) is 0 Å².